The van der Waals surface area contributed by atoms with Crippen molar-refractivity contribution in [2.75, 3.05) is 23.3 Å². The molecule has 0 atom stereocenters. The van der Waals surface area contributed by atoms with Crippen LogP contribution in [0.4, 0.5) is 11.5 Å². The molecule has 0 aliphatic rings. The van der Waals surface area contributed by atoms with Crippen LogP contribution in [-0.2, 0) is 6.54 Å². The Balaban J connectivity index is 2.00. The third-order valence-electron chi connectivity index (χ3n) is 3.62. The molecule has 0 fully saturated rings. The van der Waals surface area contributed by atoms with Gasteiger partial charge in [0.25, 0.3) is 0 Å². The molecule has 3 nitrogen and oxygen atoms in total. The van der Waals surface area contributed by atoms with Crippen molar-refractivity contribution >= 4 is 23.1 Å². The topological polar surface area (TPSA) is 28.2 Å². The lowest BCUT2D eigenvalue weighted by Crippen LogP contribution is -2.22. The van der Waals surface area contributed by atoms with E-state index in [9.17, 15) is 0 Å². The second-order valence-corrected chi connectivity index (χ2v) is 5.44. The van der Waals surface area contributed by atoms with Gasteiger partial charge in [-0.2, -0.15) is 0 Å². The molecule has 0 unspecified atom stereocenters. The Morgan fingerprint density at radius 2 is 1.90 bits per heavy atom. The van der Waals surface area contributed by atoms with Crippen molar-refractivity contribution in [3.8, 4) is 0 Å². The Morgan fingerprint density at radius 1 is 1.14 bits per heavy atom. The van der Waals surface area contributed by atoms with Crippen LogP contribution in [0.25, 0.3) is 0 Å². The number of hydrogen-bond donors (Lipinski definition) is 1. The van der Waals surface area contributed by atoms with Crippen molar-refractivity contribution in [2.24, 2.45) is 0 Å². The number of nitrogens with one attached hydrogen (secondary N) is 1. The van der Waals surface area contributed by atoms with E-state index in [1.54, 1.807) is 0 Å². The van der Waals surface area contributed by atoms with Gasteiger partial charge in [0.05, 0.1) is 11.9 Å². The first-order valence-corrected chi connectivity index (χ1v) is 7.71. The van der Waals surface area contributed by atoms with Gasteiger partial charge in [-0.05, 0) is 56.2 Å². The lowest BCUT2D eigenvalue weighted by Gasteiger charge is -2.19. The summed E-state index contributed by atoms with van der Waals surface area (Å²) in [4.78, 5) is 6.74. The van der Waals surface area contributed by atoms with Gasteiger partial charge >= 0.3 is 0 Å². The van der Waals surface area contributed by atoms with Crippen LogP contribution in [0.15, 0.2) is 36.5 Å². The molecular weight excluding hydrogens is 282 g/mol. The summed E-state index contributed by atoms with van der Waals surface area (Å²) >= 11 is 5.97. The highest BCUT2D eigenvalue weighted by molar-refractivity contribution is 6.30. The number of anilines is 2. The van der Waals surface area contributed by atoms with Gasteiger partial charge in [-0.25, -0.2) is 4.98 Å². The van der Waals surface area contributed by atoms with Gasteiger partial charge in [-0.1, -0.05) is 17.7 Å². The molecule has 1 heterocycles. The van der Waals surface area contributed by atoms with Gasteiger partial charge < -0.3 is 10.2 Å². The molecule has 0 saturated heterocycles. The fraction of sp³-hybridized carbons (Fsp3) is 0.353. The molecule has 0 radical (unpaired) electrons. The highest BCUT2D eigenvalue weighted by atomic mass is 35.5. The molecule has 0 aliphatic heterocycles. The Bertz CT molecular complexity index is 577. The number of pyridine rings is 1. The largest absolute Gasteiger partial charge is 0.380 e. The summed E-state index contributed by atoms with van der Waals surface area (Å²) in [6.07, 6.45) is 1.89. The van der Waals surface area contributed by atoms with E-state index in [0.717, 1.165) is 36.2 Å². The summed E-state index contributed by atoms with van der Waals surface area (Å²) in [5.74, 6) is 1.02. The first-order chi connectivity index (χ1) is 10.1. The van der Waals surface area contributed by atoms with Gasteiger partial charge in [0.15, 0.2) is 0 Å². The van der Waals surface area contributed by atoms with Crippen LogP contribution in [0.2, 0.25) is 5.02 Å². The fourth-order valence-corrected chi connectivity index (χ4v) is 2.51. The number of aromatic nitrogens is 1. The molecule has 112 valence electrons. The molecular formula is C17H22ClN3. The Kier molecular flexibility index (Phi) is 5.45. The third kappa shape index (κ3) is 4.11. The maximum atomic E-state index is 5.97. The van der Waals surface area contributed by atoms with Crippen LogP contribution in [0, 0.1) is 6.92 Å². The van der Waals surface area contributed by atoms with Gasteiger partial charge in [-0.3, -0.25) is 0 Å². The normalized spacial score (nSPS) is 10.5. The number of benzene rings is 1. The van der Waals surface area contributed by atoms with Crippen LogP contribution in [0.1, 0.15) is 25.0 Å². The Morgan fingerprint density at radius 3 is 2.48 bits per heavy atom. The average Bonchev–Trinajstić information content (AvgIpc) is 2.49. The number of nitrogens with zero attached hydrogens (tertiary/aromatic N) is 2. The van der Waals surface area contributed by atoms with Crippen LogP contribution in [0.3, 0.4) is 0 Å². The second-order valence-electron chi connectivity index (χ2n) is 5.00. The maximum Gasteiger partial charge on any atom is 0.128 e. The predicted octanol–water partition coefficient (Wildman–Crippen LogP) is 4.50. The third-order valence-corrected chi connectivity index (χ3v) is 3.86. The molecule has 2 aromatic rings. The molecule has 1 N–H and O–H groups in total. The van der Waals surface area contributed by atoms with Crippen molar-refractivity contribution in [1.29, 1.82) is 0 Å². The predicted molar refractivity (Wildman–Crippen MR) is 91.3 cm³/mol. The Labute approximate surface area is 132 Å². The maximum absolute atomic E-state index is 5.97. The van der Waals surface area contributed by atoms with Crippen molar-refractivity contribution in [1.82, 2.24) is 4.98 Å². The van der Waals surface area contributed by atoms with Gasteiger partial charge in [-0.15, -0.1) is 0 Å². The monoisotopic (exact) mass is 303 g/mol. The molecule has 0 spiro atoms. The molecule has 0 amide bonds. The molecule has 1 aromatic heterocycles. The van der Waals surface area contributed by atoms with Crippen LogP contribution in [-0.4, -0.2) is 18.1 Å². The molecule has 0 saturated carbocycles. The summed E-state index contributed by atoms with van der Waals surface area (Å²) in [6.45, 7) is 9.07. The minimum atomic E-state index is 0.773. The number of halogens is 1. The minimum Gasteiger partial charge on any atom is -0.380 e. The molecule has 0 aliphatic carbocycles. The number of aryl methyl sites for hydroxylation is 1. The van der Waals surface area contributed by atoms with E-state index >= 15 is 0 Å². The van der Waals surface area contributed by atoms with E-state index in [0.29, 0.717) is 0 Å². The van der Waals surface area contributed by atoms with Crippen LogP contribution in [0.5, 0.6) is 0 Å². The second kappa shape index (κ2) is 7.32. The molecule has 2 rings (SSSR count). The summed E-state index contributed by atoms with van der Waals surface area (Å²) in [7, 11) is 0. The van der Waals surface area contributed by atoms with Crippen LogP contribution >= 0.6 is 11.6 Å². The van der Waals surface area contributed by atoms with Crippen molar-refractivity contribution < 1.29 is 0 Å². The highest BCUT2D eigenvalue weighted by Crippen LogP contribution is 2.18. The van der Waals surface area contributed by atoms with Gasteiger partial charge in [0.1, 0.15) is 5.82 Å². The fourth-order valence-electron chi connectivity index (χ4n) is 2.28. The zero-order chi connectivity index (χ0) is 15.2. The minimum absolute atomic E-state index is 0.773. The smallest absolute Gasteiger partial charge is 0.128 e. The summed E-state index contributed by atoms with van der Waals surface area (Å²) in [5.41, 5.74) is 3.47. The molecule has 1 aromatic carbocycles. The van der Waals surface area contributed by atoms with E-state index < -0.39 is 0 Å². The van der Waals surface area contributed by atoms with Crippen molar-refractivity contribution in [3.63, 3.8) is 0 Å². The molecule has 21 heavy (non-hydrogen) atoms. The van der Waals surface area contributed by atoms with Gasteiger partial charge in [0, 0.05) is 24.7 Å². The zero-order valence-electron chi connectivity index (χ0n) is 12.9. The SMILES string of the molecule is CCN(CC)c1ccc(NCc2ccc(Cl)cc2C)cn1. The lowest BCUT2D eigenvalue weighted by atomic mass is 10.1. The van der Waals surface area contributed by atoms with E-state index in [2.05, 4.69) is 54.2 Å². The molecule has 0 bridgehead atoms. The average molecular weight is 304 g/mol. The number of hydrogen-bond acceptors (Lipinski definition) is 3. The van der Waals surface area contributed by atoms with E-state index in [-0.39, 0.29) is 0 Å². The highest BCUT2D eigenvalue weighted by Gasteiger charge is 2.03. The zero-order valence-corrected chi connectivity index (χ0v) is 13.6. The standard InChI is InChI=1S/C17H22ClN3/c1-4-21(5-2)17-9-8-16(12-20-17)19-11-14-6-7-15(18)10-13(14)3/h6-10,12,19H,4-5,11H2,1-3H3. The van der Waals surface area contributed by atoms with E-state index in [4.69, 9.17) is 11.6 Å². The van der Waals surface area contributed by atoms with E-state index in [1.165, 1.54) is 11.1 Å². The Hall–Kier alpha value is -1.74. The van der Waals surface area contributed by atoms with Crippen molar-refractivity contribution in [3.05, 3.63) is 52.7 Å². The van der Waals surface area contributed by atoms with Gasteiger partial charge in [0.2, 0.25) is 0 Å². The summed E-state index contributed by atoms with van der Waals surface area (Å²) < 4.78 is 0. The van der Waals surface area contributed by atoms with Crippen molar-refractivity contribution in [2.45, 2.75) is 27.3 Å². The van der Waals surface area contributed by atoms with E-state index in [1.807, 2.05) is 18.3 Å². The van der Waals surface area contributed by atoms with Crippen LogP contribution < -0.4 is 10.2 Å². The first-order valence-electron chi connectivity index (χ1n) is 7.34. The summed E-state index contributed by atoms with van der Waals surface area (Å²) in [6, 6.07) is 10.1. The number of rotatable bonds is 6. The quantitative estimate of drug-likeness (QED) is 0.851. The lowest BCUT2D eigenvalue weighted by molar-refractivity contribution is 0.846. The first kappa shape index (κ1) is 15.6. The summed E-state index contributed by atoms with van der Waals surface area (Å²) in [5, 5.41) is 4.18. The molecule has 4 heteroatoms.